The normalized spacial score (nSPS) is 12.3. The van der Waals surface area contributed by atoms with Gasteiger partial charge in [-0.25, -0.2) is 0 Å². The highest BCUT2D eigenvalue weighted by Crippen LogP contribution is 2.23. The molecular formula is C20H21NO3. The Morgan fingerprint density at radius 2 is 1.92 bits per heavy atom. The zero-order valence-corrected chi connectivity index (χ0v) is 13.9. The van der Waals surface area contributed by atoms with Crippen LogP contribution in [-0.4, -0.2) is 17.6 Å². The van der Waals surface area contributed by atoms with E-state index in [0.717, 1.165) is 27.9 Å². The maximum atomic E-state index is 12.4. The summed E-state index contributed by atoms with van der Waals surface area (Å²) >= 11 is 0. The molecule has 0 aliphatic rings. The first-order chi connectivity index (χ1) is 11.6. The van der Waals surface area contributed by atoms with Crippen LogP contribution in [0.5, 0.6) is 0 Å². The predicted octanol–water partition coefficient (Wildman–Crippen LogP) is 3.90. The average Bonchev–Trinajstić information content (AvgIpc) is 2.92. The van der Waals surface area contributed by atoms with E-state index >= 15 is 0 Å². The molecule has 0 unspecified atom stereocenters. The number of aliphatic hydroxyl groups is 1. The fourth-order valence-electron chi connectivity index (χ4n) is 2.98. The third-order valence-corrected chi connectivity index (χ3v) is 4.18. The van der Waals surface area contributed by atoms with Crippen LogP contribution >= 0.6 is 0 Å². The summed E-state index contributed by atoms with van der Waals surface area (Å²) < 4.78 is 5.43. The van der Waals surface area contributed by atoms with Crippen LogP contribution in [0.3, 0.4) is 0 Å². The molecule has 0 radical (unpaired) electrons. The number of amides is 1. The van der Waals surface area contributed by atoms with Crippen molar-refractivity contribution < 1.29 is 14.3 Å². The Morgan fingerprint density at radius 3 is 2.67 bits per heavy atom. The molecule has 24 heavy (non-hydrogen) atoms. The van der Waals surface area contributed by atoms with E-state index in [2.05, 4.69) is 5.32 Å². The fourth-order valence-corrected chi connectivity index (χ4v) is 2.98. The van der Waals surface area contributed by atoms with Gasteiger partial charge in [-0.3, -0.25) is 4.79 Å². The molecular weight excluding hydrogens is 302 g/mol. The Labute approximate surface area is 141 Å². The number of nitrogens with one attached hydrogen (secondary N) is 1. The van der Waals surface area contributed by atoms with Gasteiger partial charge in [0, 0.05) is 17.7 Å². The van der Waals surface area contributed by atoms with Crippen molar-refractivity contribution in [1.82, 2.24) is 5.32 Å². The number of furan rings is 1. The molecule has 0 saturated heterocycles. The number of aryl methyl sites for hydroxylation is 2. The van der Waals surface area contributed by atoms with E-state index in [1.165, 1.54) is 0 Å². The van der Waals surface area contributed by atoms with E-state index in [4.69, 9.17) is 4.42 Å². The summed E-state index contributed by atoms with van der Waals surface area (Å²) in [6, 6.07) is 15.3. The average molecular weight is 323 g/mol. The van der Waals surface area contributed by atoms with E-state index in [1.54, 1.807) is 0 Å². The van der Waals surface area contributed by atoms with Crippen LogP contribution in [0.15, 0.2) is 52.9 Å². The van der Waals surface area contributed by atoms with Crippen molar-refractivity contribution in [3.63, 3.8) is 0 Å². The molecule has 0 fully saturated rings. The van der Waals surface area contributed by atoms with Crippen molar-refractivity contribution in [2.45, 2.75) is 26.4 Å². The first kappa shape index (κ1) is 16.3. The van der Waals surface area contributed by atoms with Gasteiger partial charge in [0.15, 0.2) is 0 Å². The number of carbonyl (C=O) groups excluding carboxylic acids is 1. The fraction of sp³-hybridized carbons (Fsp3) is 0.250. The summed E-state index contributed by atoms with van der Waals surface area (Å²) in [6.07, 6.45) is -0.202. The summed E-state index contributed by atoms with van der Waals surface area (Å²) in [4.78, 5) is 12.4. The van der Waals surface area contributed by atoms with E-state index < -0.39 is 6.10 Å². The van der Waals surface area contributed by atoms with Crippen molar-refractivity contribution in [3.05, 3.63) is 71.2 Å². The first-order valence-corrected chi connectivity index (χ1v) is 8.07. The highest BCUT2D eigenvalue weighted by molar-refractivity contribution is 6.06. The van der Waals surface area contributed by atoms with Gasteiger partial charge in [-0.05, 0) is 43.2 Å². The second-order valence-corrected chi connectivity index (χ2v) is 5.96. The smallest absolute Gasteiger partial charge is 0.251 e. The van der Waals surface area contributed by atoms with Crippen molar-refractivity contribution in [2.75, 3.05) is 6.54 Å². The van der Waals surface area contributed by atoms with Crippen LogP contribution in [0.4, 0.5) is 0 Å². The third-order valence-electron chi connectivity index (χ3n) is 4.18. The molecule has 4 nitrogen and oxygen atoms in total. The van der Waals surface area contributed by atoms with Gasteiger partial charge in [-0.1, -0.05) is 36.4 Å². The number of carbonyl (C=O) groups is 1. The van der Waals surface area contributed by atoms with Crippen molar-refractivity contribution in [1.29, 1.82) is 0 Å². The number of hydrogen-bond acceptors (Lipinski definition) is 3. The van der Waals surface area contributed by atoms with Gasteiger partial charge in [-0.2, -0.15) is 0 Å². The molecule has 3 rings (SSSR count). The van der Waals surface area contributed by atoms with Gasteiger partial charge in [0.1, 0.15) is 11.5 Å². The second kappa shape index (κ2) is 6.89. The van der Waals surface area contributed by atoms with Gasteiger partial charge in [0.05, 0.1) is 6.10 Å². The monoisotopic (exact) mass is 323 g/mol. The molecule has 0 bridgehead atoms. The topological polar surface area (TPSA) is 62.5 Å². The molecule has 0 spiro atoms. The van der Waals surface area contributed by atoms with Crippen LogP contribution in [0, 0.1) is 13.8 Å². The molecule has 0 aliphatic heterocycles. The minimum absolute atomic E-state index is 0.126. The molecule has 1 amide bonds. The van der Waals surface area contributed by atoms with Crippen LogP contribution in [-0.2, 0) is 0 Å². The van der Waals surface area contributed by atoms with Crippen molar-refractivity contribution in [2.24, 2.45) is 0 Å². The highest BCUT2D eigenvalue weighted by atomic mass is 16.3. The minimum Gasteiger partial charge on any atom is -0.466 e. The number of fused-ring (bicyclic) bond motifs is 1. The summed E-state index contributed by atoms with van der Waals surface area (Å²) in [5.41, 5.74) is 1.44. The second-order valence-electron chi connectivity index (χ2n) is 5.96. The van der Waals surface area contributed by atoms with E-state index in [1.807, 2.05) is 62.4 Å². The Morgan fingerprint density at radius 1 is 1.17 bits per heavy atom. The van der Waals surface area contributed by atoms with Gasteiger partial charge in [0.25, 0.3) is 5.91 Å². The minimum atomic E-state index is -0.643. The zero-order chi connectivity index (χ0) is 17.1. The molecule has 1 atom stereocenters. The number of benzene rings is 2. The Hall–Kier alpha value is -2.59. The lowest BCUT2D eigenvalue weighted by Crippen LogP contribution is -2.25. The Balaban J connectivity index is 1.64. The van der Waals surface area contributed by atoms with Crippen LogP contribution in [0.2, 0.25) is 0 Å². The maximum Gasteiger partial charge on any atom is 0.251 e. The summed E-state index contributed by atoms with van der Waals surface area (Å²) in [5.74, 6) is 1.38. The number of hydrogen-bond donors (Lipinski definition) is 2. The maximum absolute atomic E-state index is 12.4. The number of aliphatic hydroxyl groups excluding tert-OH is 1. The Bertz CT molecular complexity index is 861. The lowest BCUT2D eigenvalue weighted by atomic mass is 10.0. The molecule has 2 aromatic carbocycles. The number of rotatable bonds is 5. The quantitative estimate of drug-likeness (QED) is 0.748. The van der Waals surface area contributed by atoms with E-state index in [9.17, 15) is 9.90 Å². The third kappa shape index (κ3) is 3.34. The molecule has 1 aromatic heterocycles. The summed E-state index contributed by atoms with van der Waals surface area (Å²) in [6.45, 7) is 4.08. The first-order valence-electron chi connectivity index (χ1n) is 8.07. The van der Waals surface area contributed by atoms with Gasteiger partial charge < -0.3 is 14.8 Å². The largest absolute Gasteiger partial charge is 0.466 e. The molecule has 3 aromatic rings. The van der Waals surface area contributed by atoms with Crippen LogP contribution in [0.25, 0.3) is 10.8 Å². The lowest BCUT2D eigenvalue weighted by molar-refractivity contribution is 0.0944. The van der Waals surface area contributed by atoms with Gasteiger partial charge >= 0.3 is 0 Å². The molecule has 0 saturated carbocycles. The molecule has 4 heteroatoms. The summed E-state index contributed by atoms with van der Waals surface area (Å²) in [5, 5.41) is 15.1. The van der Waals surface area contributed by atoms with Crippen molar-refractivity contribution >= 4 is 16.7 Å². The molecule has 0 aliphatic carbocycles. The van der Waals surface area contributed by atoms with Gasteiger partial charge in [-0.15, -0.1) is 0 Å². The van der Waals surface area contributed by atoms with E-state index in [-0.39, 0.29) is 5.91 Å². The van der Waals surface area contributed by atoms with E-state index in [0.29, 0.717) is 18.5 Å². The summed E-state index contributed by atoms with van der Waals surface area (Å²) in [7, 11) is 0. The zero-order valence-electron chi connectivity index (χ0n) is 13.9. The Kier molecular flexibility index (Phi) is 4.67. The molecule has 124 valence electrons. The SMILES string of the molecule is Cc1cc([C@H](O)CCNC(=O)c2cccc3ccccc23)c(C)o1. The van der Waals surface area contributed by atoms with Crippen LogP contribution in [0.1, 0.15) is 40.0 Å². The standard InChI is InChI=1S/C20H21NO3/c1-13-12-18(14(2)24-13)19(22)10-11-21-20(23)17-9-5-7-15-6-3-4-8-16(15)17/h3-9,12,19,22H,10-11H2,1-2H3,(H,21,23)/t19-/m1/s1. The highest BCUT2D eigenvalue weighted by Gasteiger charge is 2.15. The van der Waals surface area contributed by atoms with Crippen LogP contribution < -0.4 is 5.32 Å². The van der Waals surface area contributed by atoms with Crippen molar-refractivity contribution in [3.8, 4) is 0 Å². The molecule has 1 heterocycles. The van der Waals surface area contributed by atoms with Gasteiger partial charge in [0.2, 0.25) is 0 Å². The predicted molar refractivity (Wildman–Crippen MR) is 94.0 cm³/mol. The molecule has 2 N–H and O–H groups in total. The lowest BCUT2D eigenvalue weighted by Gasteiger charge is -2.11.